The maximum Gasteiger partial charge on any atom is 0.243 e. The van der Waals surface area contributed by atoms with Crippen LogP contribution in [0.2, 0.25) is 0 Å². The van der Waals surface area contributed by atoms with Crippen molar-refractivity contribution in [2.24, 2.45) is 0 Å². The quantitative estimate of drug-likeness (QED) is 0.649. The SMILES string of the molecule is COCCCN(C)CCNC(=O)[C@@H]1CS[C@@]2(c3ccccc3)CCC(=O)N12. The Balaban J connectivity index is 1.58. The van der Waals surface area contributed by atoms with Crippen molar-refractivity contribution < 1.29 is 14.3 Å². The fourth-order valence-corrected chi connectivity index (χ4v) is 5.57. The van der Waals surface area contributed by atoms with Crippen molar-refractivity contribution in [3.8, 4) is 0 Å². The van der Waals surface area contributed by atoms with Gasteiger partial charge < -0.3 is 19.9 Å². The molecule has 148 valence electrons. The highest BCUT2D eigenvalue weighted by atomic mass is 32.2. The van der Waals surface area contributed by atoms with E-state index in [-0.39, 0.29) is 22.7 Å². The first-order chi connectivity index (χ1) is 13.1. The number of amides is 2. The number of fused-ring (bicyclic) bond motifs is 1. The van der Waals surface area contributed by atoms with Gasteiger partial charge in [-0.15, -0.1) is 11.8 Å². The summed E-state index contributed by atoms with van der Waals surface area (Å²) in [5.41, 5.74) is 1.12. The summed E-state index contributed by atoms with van der Waals surface area (Å²) in [6.45, 7) is 3.05. The lowest BCUT2D eigenvalue weighted by molar-refractivity contribution is -0.138. The van der Waals surface area contributed by atoms with Gasteiger partial charge in [0, 0.05) is 45.5 Å². The molecule has 27 heavy (non-hydrogen) atoms. The molecule has 1 N–H and O–H groups in total. The molecule has 0 aromatic heterocycles. The van der Waals surface area contributed by atoms with E-state index in [2.05, 4.69) is 22.3 Å². The van der Waals surface area contributed by atoms with Gasteiger partial charge in [0.1, 0.15) is 10.9 Å². The summed E-state index contributed by atoms with van der Waals surface area (Å²) in [6.07, 6.45) is 2.25. The number of ether oxygens (including phenoxy) is 1. The molecule has 6 nitrogen and oxygen atoms in total. The third kappa shape index (κ3) is 4.31. The predicted molar refractivity (Wildman–Crippen MR) is 107 cm³/mol. The summed E-state index contributed by atoms with van der Waals surface area (Å²) < 4.78 is 5.06. The molecule has 7 heteroatoms. The van der Waals surface area contributed by atoms with E-state index in [1.807, 2.05) is 30.1 Å². The average Bonchev–Trinajstić information content (AvgIpc) is 3.22. The summed E-state index contributed by atoms with van der Waals surface area (Å²) >= 11 is 1.73. The second-order valence-corrected chi connectivity index (χ2v) is 8.48. The van der Waals surface area contributed by atoms with Crippen molar-refractivity contribution >= 4 is 23.6 Å². The van der Waals surface area contributed by atoms with Crippen molar-refractivity contribution in [3.63, 3.8) is 0 Å². The van der Waals surface area contributed by atoms with Crippen LogP contribution in [0.3, 0.4) is 0 Å². The minimum absolute atomic E-state index is 0.0409. The number of carbonyl (C=O) groups is 2. The van der Waals surface area contributed by atoms with Crippen molar-refractivity contribution in [2.75, 3.05) is 46.2 Å². The van der Waals surface area contributed by atoms with E-state index < -0.39 is 0 Å². The third-order valence-electron chi connectivity index (χ3n) is 5.34. The van der Waals surface area contributed by atoms with Gasteiger partial charge in [0.2, 0.25) is 11.8 Å². The van der Waals surface area contributed by atoms with E-state index in [4.69, 9.17) is 4.74 Å². The van der Waals surface area contributed by atoms with Crippen LogP contribution in [0.25, 0.3) is 0 Å². The lowest BCUT2D eigenvalue weighted by atomic mass is 10.0. The topological polar surface area (TPSA) is 61.9 Å². The number of nitrogens with zero attached hydrogens (tertiary/aromatic N) is 2. The Morgan fingerprint density at radius 1 is 1.37 bits per heavy atom. The molecule has 1 aromatic carbocycles. The zero-order chi connectivity index (χ0) is 19.3. The molecule has 0 unspecified atom stereocenters. The first-order valence-electron chi connectivity index (χ1n) is 9.55. The minimum Gasteiger partial charge on any atom is -0.385 e. The van der Waals surface area contributed by atoms with Crippen LogP contribution in [0, 0.1) is 0 Å². The van der Waals surface area contributed by atoms with Gasteiger partial charge in [0.05, 0.1) is 0 Å². The van der Waals surface area contributed by atoms with Crippen LogP contribution in [0.5, 0.6) is 0 Å². The van der Waals surface area contributed by atoms with Crippen LogP contribution in [0.1, 0.15) is 24.8 Å². The van der Waals surface area contributed by atoms with Crippen LogP contribution >= 0.6 is 11.8 Å². The lowest BCUT2D eigenvalue weighted by Crippen LogP contribution is -2.50. The molecule has 2 aliphatic rings. The number of rotatable bonds is 9. The van der Waals surface area contributed by atoms with Gasteiger partial charge in [0.25, 0.3) is 0 Å². The first-order valence-corrected chi connectivity index (χ1v) is 10.5. The van der Waals surface area contributed by atoms with Crippen molar-refractivity contribution in [2.45, 2.75) is 30.2 Å². The Bertz CT molecular complexity index is 657. The van der Waals surface area contributed by atoms with Gasteiger partial charge in [-0.05, 0) is 25.5 Å². The van der Waals surface area contributed by atoms with Crippen molar-refractivity contribution in [3.05, 3.63) is 35.9 Å². The highest BCUT2D eigenvalue weighted by molar-refractivity contribution is 8.00. The fourth-order valence-electron chi connectivity index (χ4n) is 3.91. The minimum atomic E-state index is -0.385. The van der Waals surface area contributed by atoms with Gasteiger partial charge in [-0.2, -0.15) is 0 Å². The van der Waals surface area contributed by atoms with E-state index >= 15 is 0 Å². The molecule has 3 rings (SSSR count). The summed E-state index contributed by atoms with van der Waals surface area (Å²) in [5.74, 6) is 0.692. The van der Waals surface area contributed by atoms with Gasteiger partial charge in [-0.25, -0.2) is 0 Å². The highest BCUT2D eigenvalue weighted by Crippen LogP contribution is 2.54. The molecular formula is C20H29N3O3S. The number of benzene rings is 1. The molecular weight excluding hydrogens is 362 g/mol. The molecule has 2 fully saturated rings. The lowest BCUT2D eigenvalue weighted by Gasteiger charge is -2.34. The monoisotopic (exact) mass is 391 g/mol. The number of likely N-dealkylation sites (N-methyl/N-ethyl adjacent to an activating group) is 1. The molecule has 2 aliphatic heterocycles. The number of thioether (sulfide) groups is 1. The standard InChI is InChI=1S/C20H29N3O3S/c1-22(12-6-14-26-2)13-11-21-19(25)17-15-27-20(10-9-18(24)23(17)20)16-7-4-3-5-8-16/h3-5,7-8,17H,6,9-15H2,1-2H3,(H,21,25)/t17-,20+/m0/s1. The molecule has 0 saturated carbocycles. The fraction of sp³-hybridized carbons (Fsp3) is 0.600. The maximum absolute atomic E-state index is 12.8. The van der Waals surface area contributed by atoms with Crippen molar-refractivity contribution in [1.82, 2.24) is 15.1 Å². The Labute approximate surface area is 165 Å². The second-order valence-electron chi connectivity index (χ2n) is 7.18. The van der Waals surface area contributed by atoms with E-state index in [0.29, 0.717) is 18.7 Å². The predicted octanol–water partition coefficient (Wildman–Crippen LogP) is 1.66. The largest absolute Gasteiger partial charge is 0.385 e. The van der Waals surface area contributed by atoms with Gasteiger partial charge in [-0.3, -0.25) is 9.59 Å². The van der Waals surface area contributed by atoms with Gasteiger partial charge in [0.15, 0.2) is 0 Å². The van der Waals surface area contributed by atoms with E-state index in [9.17, 15) is 9.59 Å². The molecule has 0 bridgehead atoms. The zero-order valence-corrected chi connectivity index (χ0v) is 17.0. The van der Waals surface area contributed by atoms with Crippen LogP contribution in [-0.2, 0) is 19.2 Å². The molecule has 2 heterocycles. The molecule has 1 aromatic rings. The van der Waals surface area contributed by atoms with Crippen LogP contribution in [0.4, 0.5) is 0 Å². The molecule has 2 saturated heterocycles. The summed E-state index contributed by atoms with van der Waals surface area (Å²) in [7, 11) is 3.74. The number of hydrogen-bond acceptors (Lipinski definition) is 5. The highest BCUT2D eigenvalue weighted by Gasteiger charge is 2.56. The summed E-state index contributed by atoms with van der Waals surface area (Å²) in [5, 5.41) is 3.03. The molecule has 0 radical (unpaired) electrons. The van der Waals surface area contributed by atoms with E-state index in [1.165, 1.54) is 0 Å². The summed E-state index contributed by atoms with van der Waals surface area (Å²) in [4.78, 5) is 29.0. The third-order valence-corrected chi connectivity index (χ3v) is 6.93. The number of nitrogens with one attached hydrogen (secondary N) is 1. The molecule has 2 atom stereocenters. The number of hydrogen-bond donors (Lipinski definition) is 1. The van der Waals surface area contributed by atoms with E-state index in [0.717, 1.165) is 38.1 Å². The van der Waals surface area contributed by atoms with Crippen LogP contribution in [-0.4, -0.2) is 73.8 Å². The molecule has 2 amide bonds. The maximum atomic E-state index is 12.8. The average molecular weight is 392 g/mol. The number of carbonyl (C=O) groups excluding carboxylic acids is 2. The van der Waals surface area contributed by atoms with Gasteiger partial charge in [-0.1, -0.05) is 30.3 Å². The Hall–Kier alpha value is -1.57. The molecule has 0 aliphatic carbocycles. The second kappa shape index (κ2) is 9.08. The Morgan fingerprint density at radius 3 is 2.89 bits per heavy atom. The molecule has 0 spiro atoms. The van der Waals surface area contributed by atoms with Crippen molar-refractivity contribution in [1.29, 1.82) is 0 Å². The Morgan fingerprint density at radius 2 is 2.15 bits per heavy atom. The smallest absolute Gasteiger partial charge is 0.243 e. The summed E-state index contributed by atoms with van der Waals surface area (Å²) in [6, 6.07) is 9.72. The first kappa shape index (κ1) is 20.2. The van der Waals surface area contributed by atoms with E-state index in [1.54, 1.807) is 18.9 Å². The van der Waals surface area contributed by atoms with Crippen LogP contribution < -0.4 is 5.32 Å². The zero-order valence-electron chi connectivity index (χ0n) is 16.1. The Kier molecular flexibility index (Phi) is 6.78. The van der Waals surface area contributed by atoms with Gasteiger partial charge >= 0.3 is 0 Å². The van der Waals surface area contributed by atoms with Crippen LogP contribution in [0.15, 0.2) is 30.3 Å². The normalized spacial score (nSPS) is 24.5. The number of methoxy groups -OCH3 is 1.